The highest BCUT2D eigenvalue weighted by Gasteiger charge is 2.29. The van der Waals surface area contributed by atoms with Crippen LogP contribution in [0, 0.1) is 5.41 Å². The van der Waals surface area contributed by atoms with E-state index in [9.17, 15) is 0 Å². The van der Waals surface area contributed by atoms with Crippen LogP contribution in [0.2, 0.25) is 0 Å². The largest absolute Gasteiger partial charge is 0.326 e. The predicted octanol–water partition coefficient (Wildman–Crippen LogP) is 4.21. The summed E-state index contributed by atoms with van der Waals surface area (Å²) < 4.78 is 2.25. The summed E-state index contributed by atoms with van der Waals surface area (Å²) >= 11 is 0. The fraction of sp³-hybridized carbons (Fsp3) is 0.438. The van der Waals surface area contributed by atoms with Crippen molar-refractivity contribution in [3.05, 3.63) is 42.7 Å². The Balaban J connectivity index is 1.75. The van der Waals surface area contributed by atoms with Crippen molar-refractivity contribution in [2.24, 2.45) is 5.41 Å². The van der Waals surface area contributed by atoms with Gasteiger partial charge in [0.2, 0.25) is 5.95 Å². The van der Waals surface area contributed by atoms with Gasteiger partial charge in [0.1, 0.15) is 0 Å². The maximum Gasteiger partial charge on any atom is 0.207 e. The van der Waals surface area contributed by atoms with E-state index in [0.29, 0.717) is 5.41 Å². The highest BCUT2D eigenvalue weighted by Crippen LogP contribution is 2.39. The Bertz CT molecular complexity index is 524. The SMILES string of the molecule is CC1(Cn2ccnc2Nc2ccccc2)CCCC1. The Morgan fingerprint density at radius 3 is 2.68 bits per heavy atom. The number of para-hydroxylation sites is 1. The Kier molecular flexibility index (Phi) is 3.28. The molecule has 1 fully saturated rings. The lowest BCUT2D eigenvalue weighted by Crippen LogP contribution is -2.20. The third-order valence-electron chi connectivity index (χ3n) is 4.11. The van der Waals surface area contributed by atoms with E-state index in [-0.39, 0.29) is 0 Å². The molecule has 1 N–H and O–H groups in total. The molecule has 3 heteroatoms. The zero-order chi connectivity index (χ0) is 13.1. The number of imidazole rings is 1. The molecule has 0 saturated heterocycles. The second-order valence-electron chi connectivity index (χ2n) is 5.89. The van der Waals surface area contributed by atoms with E-state index in [0.717, 1.165) is 18.2 Å². The van der Waals surface area contributed by atoms with Crippen LogP contribution < -0.4 is 5.32 Å². The number of anilines is 2. The zero-order valence-electron chi connectivity index (χ0n) is 11.5. The average molecular weight is 255 g/mol. The minimum atomic E-state index is 0.438. The number of rotatable bonds is 4. The maximum atomic E-state index is 4.44. The van der Waals surface area contributed by atoms with Crippen molar-refractivity contribution in [1.82, 2.24) is 9.55 Å². The molecule has 1 heterocycles. The van der Waals surface area contributed by atoms with Gasteiger partial charge in [0.05, 0.1) is 0 Å². The van der Waals surface area contributed by atoms with Crippen molar-refractivity contribution in [3.8, 4) is 0 Å². The maximum absolute atomic E-state index is 4.44. The van der Waals surface area contributed by atoms with Crippen LogP contribution in [0.25, 0.3) is 0 Å². The summed E-state index contributed by atoms with van der Waals surface area (Å²) in [6, 6.07) is 10.2. The average Bonchev–Trinajstić information content (AvgIpc) is 3.02. The minimum Gasteiger partial charge on any atom is -0.326 e. The molecule has 1 aromatic carbocycles. The molecule has 1 saturated carbocycles. The lowest BCUT2D eigenvalue weighted by molar-refractivity contribution is 0.283. The molecule has 0 atom stereocenters. The van der Waals surface area contributed by atoms with E-state index in [1.54, 1.807) is 0 Å². The topological polar surface area (TPSA) is 29.9 Å². The number of hydrogen-bond donors (Lipinski definition) is 1. The first-order chi connectivity index (χ1) is 9.25. The van der Waals surface area contributed by atoms with Gasteiger partial charge in [-0.1, -0.05) is 38.0 Å². The summed E-state index contributed by atoms with van der Waals surface area (Å²) in [6.45, 7) is 3.45. The molecule has 0 bridgehead atoms. The summed E-state index contributed by atoms with van der Waals surface area (Å²) in [4.78, 5) is 4.44. The van der Waals surface area contributed by atoms with Crippen molar-refractivity contribution in [1.29, 1.82) is 0 Å². The van der Waals surface area contributed by atoms with Crippen LogP contribution in [0.15, 0.2) is 42.7 Å². The van der Waals surface area contributed by atoms with Crippen molar-refractivity contribution in [2.75, 3.05) is 5.32 Å². The fourth-order valence-electron chi connectivity index (χ4n) is 3.01. The van der Waals surface area contributed by atoms with Gasteiger partial charge in [-0.2, -0.15) is 0 Å². The Labute approximate surface area is 114 Å². The third-order valence-corrected chi connectivity index (χ3v) is 4.11. The fourth-order valence-corrected chi connectivity index (χ4v) is 3.01. The van der Waals surface area contributed by atoms with Gasteiger partial charge < -0.3 is 9.88 Å². The molecule has 2 aromatic rings. The highest BCUT2D eigenvalue weighted by molar-refractivity contribution is 5.53. The molecular weight excluding hydrogens is 234 g/mol. The summed E-state index contributed by atoms with van der Waals surface area (Å²) in [5, 5.41) is 3.40. The first-order valence-corrected chi connectivity index (χ1v) is 7.08. The highest BCUT2D eigenvalue weighted by atomic mass is 15.2. The van der Waals surface area contributed by atoms with Gasteiger partial charge in [-0.05, 0) is 30.4 Å². The number of aromatic nitrogens is 2. The van der Waals surface area contributed by atoms with Gasteiger partial charge in [-0.3, -0.25) is 0 Å². The molecule has 1 aliphatic carbocycles. The predicted molar refractivity (Wildman–Crippen MR) is 78.5 cm³/mol. The van der Waals surface area contributed by atoms with Crippen molar-refractivity contribution in [3.63, 3.8) is 0 Å². The summed E-state index contributed by atoms with van der Waals surface area (Å²) in [7, 11) is 0. The van der Waals surface area contributed by atoms with E-state index in [1.807, 2.05) is 24.4 Å². The molecule has 0 aliphatic heterocycles. The molecule has 0 amide bonds. The normalized spacial score (nSPS) is 17.5. The van der Waals surface area contributed by atoms with Crippen LogP contribution in [0.1, 0.15) is 32.6 Å². The second-order valence-corrected chi connectivity index (χ2v) is 5.89. The van der Waals surface area contributed by atoms with Gasteiger partial charge in [0, 0.05) is 24.6 Å². The minimum absolute atomic E-state index is 0.438. The zero-order valence-corrected chi connectivity index (χ0v) is 11.5. The lowest BCUT2D eigenvalue weighted by atomic mass is 9.89. The Hall–Kier alpha value is -1.77. The van der Waals surface area contributed by atoms with Gasteiger partial charge in [-0.15, -0.1) is 0 Å². The molecule has 0 spiro atoms. The molecule has 0 radical (unpaired) electrons. The van der Waals surface area contributed by atoms with Gasteiger partial charge in [0.25, 0.3) is 0 Å². The molecule has 19 heavy (non-hydrogen) atoms. The van der Waals surface area contributed by atoms with Gasteiger partial charge >= 0.3 is 0 Å². The van der Waals surface area contributed by atoms with Crippen LogP contribution in [-0.4, -0.2) is 9.55 Å². The van der Waals surface area contributed by atoms with Crippen LogP contribution in [0.4, 0.5) is 11.6 Å². The van der Waals surface area contributed by atoms with E-state index in [4.69, 9.17) is 0 Å². The second kappa shape index (κ2) is 5.08. The summed E-state index contributed by atoms with van der Waals surface area (Å²) in [6.07, 6.45) is 9.35. The number of nitrogens with zero attached hydrogens (tertiary/aromatic N) is 2. The standard InChI is InChI=1S/C16H21N3/c1-16(9-5-6-10-16)13-19-12-11-17-15(19)18-14-7-3-2-4-8-14/h2-4,7-8,11-12H,5-6,9-10,13H2,1H3,(H,17,18). The monoisotopic (exact) mass is 255 g/mol. The quantitative estimate of drug-likeness (QED) is 0.887. The van der Waals surface area contributed by atoms with Crippen LogP contribution in [0.5, 0.6) is 0 Å². The van der Waals surface area contributed by atoms with Crippen molar-refractivity contribution >= 4 is 11.6 Å². The number of hydrogen-bond acceptors (Lipinski definition) is 2. The van der Waals surface area contributed by atoms with Gasteiger partial charge in [0.15, 0.2) is 0 Å². The smallest absolute Gasteiger partial charge is 0.207 e. The molecular formula is C16H21N3. The number of benzene rings is 1. The van der Waals surface area contributed by atoms with Crippen LogP contribution in [-0.2, 0) is 6.54 Å². The van der Waals surface area contributed by atoms with Gasteiger partial charge in [-0.25, -0.2) is 4.98 Å². The summed E-state index contributed by atoms with van der Waals surface area (Å²) in [5.41, 5.74) is 1.53. The van der Waals surface area contributed by atoms with Crippen LogP contribution in [0.3, 0.4) is 0 Å². The molecule has 100 valence electrons. The Morgan fingerprint density at radius 2 is 1.95 bits per heavy atom. The van der Waals surface area contributed by atoms with E-state index >= 15 is 0 Å². The molecule has 1 aromatic heterocycles. The molecule has 3 rings (SSSR count). The van der Waals surface area contributed by atoms with E-state index in [2.05, 4.69) is 40.1 Å². The number of nitrogens with one attached hydrogen (secondary N) is 1. The summed E-state index contributed by atoms with van der Waals surface area (Å²) in [5.74, 6) is 0.944. The van der Waals surface area contributed by atoms with Crippen molar-refractivity contribution in [2.45, 2.75) is 39.2 Å². The van der Waals surface area contributed by atoms with E-state index in [1.165, 1.54) is 25.7 Å². The molecule has 3 nitrogen and oxygen atoms in total. The third kappa shape index (κ3) is 2.80. The van der Waals surface area contributed by atoms with Crippen molar-refractivity contribution < 1.29 is 0 Å². The lowest BCUT2D eigenvalue weighted by Gasteiger charge is -2.25. The molecule has 0 unspecified atom stereocenters. The van der Waals surface area contributed by atoms with Crippen LogP contribution >= 0.6 is 0 Å². The first-order valence-electron chi connectivity index (χ1n) is 7.08. The van der Waals surface area contributed by atoms with E-state index < -0.39 is 0 Å². The Morgan fingerprint density at radius 1 is 1.21 bits per heavy atom. The first kappa shape index (κ1) is 12.3. The molecule has 1 aliphatic rings.